The van der Waals surface area contributed by atoms with Gasteiger partial charge in [-0.1, -0.05) is 18.2 Å². The lowest BCUT2D eigenvalue weighted by Crippen LogP contribution is -2.50. The number of nitrogens with zero attached hydrogens (tertiary/aromatic N) is 1. The third-order valence-electron chi connectivity index (χ3n) is 3.88. The first kappa shape index (κ1) is 15.9. The van der Waals surface area contributed by atoms with Crippen molar-refractivity contribution in [2.45, 2.75) is 32.4 Å². The van der Waals surface area contributed by atoms with Crippen LogP contribution in [-0.4, -0.2) is 54.4 Å². The van der Waals surface area contributed by atoms with E-state index in [4.69, 9.17) is 9.84 Å². The average Bonchev–Trinajstić information content (AvgIpc) is 2.49. The Morgan fingerprint density at radius 2 is 2.24 bits per heavy atom. The van der Waals surface area contributed by atoms with Crippen LogP contribution in [0, 0.1) is 6.92 Å². The molecule has 0 radical (unpaired) electrons. The van der Waals surface area contributed by atoms with Crippen LogP contribution in [0.25, 0.3) is 0 Å². The maximum Gasteiger partial charge on any atom is 0.225 e. The molecular weight excluding hydrogens is 268 g/mol. The first-order valence-corrected chi connectivity index (χ1v) is 7.42. The topological polar surface area (TPSA) is 61.8 Å². The van der Waals surface area contributed by atoms with E-state index in [1.165, 1.54) is 0 Å². The number of hydrogen-bond donors (Lipinski definition) is 2. The minimum atomic E-state index is -0.138. The highest BCUT2D eigenvalue weighted by Gasteiger charge is 2.25. The fourth-order valence-electron chi connectivity index (χ4n) is 2.47. The van der Waals surface area contributed by atoms with E-state index in [0.717, 1.165) is 11.3 Å². The van der Waals surface area contributed by atoms with Crippen LogP contribution in [0.4, 0.5) is 5.69 Å². The fourth-order valence-corrected chi connectivity index (χ4v) is 2.47. The number of nitrogens with one attached hydrogen (secondary N) is 1. The predicted molar refractivity (Wildman–Crippen MR) is 82.3 cm³/mol. The summed E-state index contributed by atoms with van der Waals surface area (Å²) < 4.78 is 5.50. The molecule has 1 aliphatic rings. The highest BCUT2D eigenvalue weighted by molar-refractivity contribution is 5.91. The second-order valence-corrected chi connectivity index (χ2v) is 5.59. The highest BCUT2D eigenvalue weighted by Crippen LogP contribution is 2.15. The molecule has 1 amide bonds. The summed E-state index contributed by atoms with van der Waals surface area (Å²) in [6.45, 7) is 6.04. The monoisotopic (exact) mass is 292 g/mol. The molecule has 2 rings (SSSR count). The van der Waals surface area contributed by atoms with Gasteiger partial charge in [0.15, 0.2) is 0 Å². The Balaban J connectivity index is 1.82. The van der Waals surface area contributed by atoms with E-state index >= 15 is 0 Å². The summed E-state index contributed by atoms with van der Waals surface area (Å²) in [7, 11) is 0. The number of morpholine rings is 1. The molecule has 0 saturated carbocycles. The quantitative estimate of drug-likeness (QED) is 0.861. The van der Waals surface area contributed by atoms with Gasteiger partial charge in [-0.15, -0.1) is 0 Å². The Hall–Kier alpha value is -1.43. The van der Waals surface area contributed by atoms with Crippen molar-refractivity contribution < 1.29 is 14.6 Å². The molecule has 21 heavy (non-hydrogen) atoms. The molecule has 2 unspecified atom stereocenters. The van der Waals surface area contributed by atoms with Crippen LogP contribution < -0.4 is 5.32 Å². The Bertz CT molecular complexity index is 478. The lowest BCUT2D eigenvalue weighted by atomic mass is 10.1. The zero-order valence-electron chi connectivity index (χ0n) is 12.7. The van der Waals surface area contributed by atoms with E-state index < -0.39 is 0 Å². The van der Waals surface area contributed by atoms with Crippen molar-refractivity contribution in [2.75, 3.05) is 31.6 Å². The van der Waals surface area contributed by atoms with E-state index in [0.29, 0.717) is 26.1 Å². The van der Waals surface area contributed by atoms with Gasteiger partial charge in [0.2, 0.25) is 5.91 Å². The van der Waals surface area contributed by atoms with Crippen molar-refractivity contribution in [3.63, 3.8) is 0 Å². The molecule has 1 aliphatic heterocycles. The van der Waals surface area contributed by atoms with Gasteiger partial charge < -0.3 is 15.2 Å². The zero-order valence-corrected chi connectivity index (χ0v) is 12.7. The molecule has 1 saturated heterocycles. The van der Waals surface area contributed by atoms with Gasteiger partial charge in [-0.2, -0.15) is 0 Å². The first-order chi connectivity index (χ1) is 10.1. The van der Waals surface area contributed by atoms with Crippen molar-refractivity contribution in [3.05, 3.63) is 29.8 Å². The number of hydrogen-bond acceptors (Lipinski definition) is 4. The Kier molecular flexibility index (Phi) is 5.73. The molecule has 0 spiro atoms. The van der Waals surface area contributed by atoms with E-state index in [9.17, 15) is 4.79 Å². The number of ether oxygens (including phenoxy) is 1. The largest absolute Gasteiger partial charge is 0.394 e. The van der Waals surface area contributed by atoms with Gasteiger partial charge in [-0.25, -0.2) is 0 Å². The van der Waals surface area contributed by atoms with E-state index in [1.54, 1.807) is 0 Å². The van der Waals surface area contributed by atoms with Crippen LogP contribution in [0.15, 0.2) is 24.3 Å². The summed E-state index contributed by atoms with van der Waals surface area (Å²) in [5, 5.41) is 12.1. The predicted octanol–water partition coefficient (Wildman–Crippen LogP) is 1.41. The normalized spacial score (nSPS) is 23.0. The van der Waals surface area contributed by atoms with Crippen molar-refractivity contribution >= 4 is 11.6 Å². The van der Waals surface area contributed by atoms with Gasteiger partial charge in [-0.3, -0.25) is 9.69 Å². The first-order valence-electron chi connectivity index (χ1n) is 7.42. The fraction of sp³-hybridized carbons (Fsp3) is 0.562. The van der Waals surface area contributed by atoms with Gasteiger partial charge in [-0.05, 0) is 25.5 Å². The van der Waals surface area contributed by atoms with Crippen LogP contribution in [0.3, 0.4) is 0 Å². The van der Waals surface area contributed by atoms with Crippen LogP contribution in [-0.2, 0) is 9.53 Å². The number of para-hydroxylation sites is 1. The Morgan fingerprint density at radius 3 is 2.95 bits per heavy atom. The number of benzene rings is 1. The van der Waals surface area contributed by atoms with Crippen molar-refractivity contribution in [1.82, 2.24) is 4.90 Å². The van der Waals surface area contributed by atoms with Crippen molar-refractivity contribution in [1.29, 1.82) is 0 Å². The number of aliphatic hydroxyl groups excluding tert-OH is 1. The molecular formula is C16H24N2O3. The van der Waals surface area contributed by atoms with Crippen molar-refractivity contribution in [2.24, 2.45) is 0 Å². The highest BCUT2D eigenvalue weighted by atomic mass is 16.5. The number of amides is 1. The standard InChI is InChI=1S/C16H24N2O3/c1-12-5-3-4-6-15(12)17-16(20)7-8-18-9-14(10-19)21-11-13(18)2/h3-6,13-14,19H,7-11H2,1-2H3,(H,17,20). The van der Waals surface area contributed by atoms with Crippen LogP contribution >= 0.6 is 0 Å². The van der Waals surface area contributed by atoms with E-state index in [2.05, 4.69) is 17.1 Å². The minimum Gasteiger partial charge on any atom is -0.394 e. The third kappa shape index (κ3) is 4.52. The third-order valence-corrected chi connectivity index (χ3v) is 3.88. The molecule has 2 N–H and O–H groups in total. The number of aliphatic hydroxyl groups is 1. The molecule has 5 heteroatoms. The molecule has 1 aromatic carbocycles. The molecule has 116 valence electrons. The SMILES string of the molecule is Cc1ccccc1NC(=O)CCN1CC(CO)OCC1C. The second-order valence-electron chi connectivity index (χ2n) is 5.59. The summed E-state index contributed by atoms with van der Waals surface area (Å²) in [5.74, 6) is 0.0172. The molecule has 1 fully saturated rings. The summed E-state index contributed by atoms with van der Waals surface area (Å²) >= 11 is 0. The molecule has 2 atom stereocenters. The molecule has 1 heterocycles. The number of carbonyl (C=O) groups excluding carboxylic acids is 1. The summed E-state index contributed by atoms with van der Waals surface area (Å²) in [6, 6.07) is 8.03. The van der Waals surface area contributed by atoms with Gasteiger partial charge in [0.25, 0.3) is 0 Å². The van der Waals surface area contributed by atoms with Crippen molar-refractivity contribution in [3.8, 4) is 0 Å². The molecule has 0 bridgehead atoms. The molecule has 1 aromatic rings. The second kappa shape index (κ2) is 7.54. The minimum absolute atomic E-state index is 0.0172. The molecule has 0 aromatic heterocycles. The van der Waals surface area contributed by atoms with Gasteiger partial charge >= 0.3 is 0 Å². The maximum absolute atomic E-state index is 12.0. The smallest absolute Gasteiger partial charge is 0.225 e. The van der Waals surface area contributed by atoms with Gasteiger partial charge in [0, 0.05) is 31.2 Å². The lowest BCUT2D eigenvalue weighted by Gasteiger charge is -2.37. The van der Waals surface area contributed by atoms with Gasteiger partial charge in [0.05, 0.1) is 19.3 Å². The maximum atomic E-state index is 12.0. The molecule has 5 nitrogen and oxygen atoms in total. The van der Waals surface area contributed by atoms with Gasteiger partial charge in [0.1, 0.15) is 0 Å². The Labute approximate surface area is 125 Å². The Morgan fingerprint density at radius 1 is 1.48 bits per heavy atom. The van der Waals surface area contributed by atoms with E-state index in [1.807, 2.05) is 31.2 Å². The lowest BCUT2D eigenvalue weighted by molar-refractivity contribution is -0.118. The summed E-state index contributed by atoms with van der Waals surface area (Å²) in [5.41, 5.74) is 1.93. The summed E-state index contributed by atoms with van der Waals surface area (Å²) in [6.07, 6.45) is 0.303. The number of aryl methyl sites for hydroxylation is 1. The zero-order chi connectivity index (χ0) is 15.2. The van der Waals surface area contributed by atoms with Crippen LogP contribution in [0.2, 0.25) is 0 Å². The number of carbonyl (C=O) groups is 1. The average molecular weight is 292 g/mol. The van der Waals surface area contributed by atoms with Crippen LogP contribution in [0.5, 0.6) is 0 Å². The molecule has 0 aliphatic carbocycles. The number of anilines is 1. The van der Waals surface area contributed by atoms with E-state index in [-0.39, 0.29) is 24.7 Å². The summed E-state index contributed by atoms with van der Waals surface area (Å²) in [4.78, 5) is 14.2. The van der Waals surface area contributed by atoms with Crippen LogP contribution in [0.1, 0.15) is 18.9 Å². The number of rotatable bonds is 5.